The number of halogens is 2. The number of carbonyl (C=O) groups is 1. The van der Waals surface area contributed by atoms with Gasteiger partial charge >= 0.3 is 5.69 Å². The van der Waals surface area contributed by atoms with Crippen LogP contribution in [0.1, 0.15) is 70.3 Å². The van der Waals surface area contributed by atoms with Crippen molar-refractivity contribution in [1.82, 2.24) is 29.4 Å². The average molecular weight is 629 g/mol. The molecule has 2 atom stereocenters. The Kier molecular flexibility index (Phi) is 8.72. The van der Waals surface area contributed by atoms with Crippen molar-refractivity contribution in [3.05, 3.63) is 81.5 Å². The Morgan fingerprint density at radius 1 is 1.09 bits per heavy atom. The van der Waals surface area contributed by atoms with Crippen LogP contribution in [0.5, 0.6) is 0 Å². The molecule has 4 heterocycles. The van der Waals surface area contributed by atoms with Crippen molar-refractivity contribution in [3.63, 3.8) is 0 Å². The number of piperazine rings is 1. The summed E-state index contributed by atoms with van der Waals surface area (Å²) in [4.78, 5) is 49.0. The second kappa shape index (κ2) is 12.4. The SMILES string of the molecule is C=CC(=O)N1CC(C)N(c2nc(=O)n(-c3c(C(C)C)ncnc3C(C)C)c3nc(-c4ccc(C#N)cc4F)c(Cl)cc23)CC1C. The molecule has 1 amide bonds. The van der Waals surface area contributed by atoms with E-state index in [4.69, 9.17) is 16.6 Å². The average Bonchev–Trinajstić information content (AvgIpc) is 3.00. The zero-order chi connectivity index (χ0) is 32.7. The van der Waals surface area contributed by atoms with E-state index in [2.05, 4.69) is 21.5 Å². The van der Waals surface area contributed by atoms with Gasteiger partial charge in [0.05, 0.1) is 44.8 Å². The van der Waals surface area contributed by atoms with Gasteiger partial charge in [0.2, 0.25) is 5.91 Å². The first-order valence-electron chi connectivity index (χ1n) is 14.8. The molecule has 0 N–H and O–H groups in total. The third-order valence-electron chi connectivity index (χ3n) is 8.07. The molecule has 3 aromatic heterocycles. The minimum Gasteiger partial charge on any atom is -0.349 e. The summed E-state index contributed by atoms with van der Waals surface area (Å²) in [6.45, 7) is 16.2. The Hall–Kier alpha value is -4.69. The minimum absolute atomic E-state index is 0.0780. The Bertz CT molecular complexity index is 1910. The molecule has 0 bridgehead atoms. The number of rotatable bonds is 6. The van der Waals surface area contributed by atoms with E-state index in [1.54, 1.807) is 11.0 Å². The van der Waals surface area contributed by atoms with Crippen LogP contribution in [0.3, 0.4) is 0 Å². The third-order valence-corrected chi connectivity index (χ3v) is 8.35. The number of hydrogen-bond acceptors (Lipinski definition) is 8. The molecule has 0 aliphatic carbocycles. The van der Waals surface area contributed by atoms with Gasteiger partial charge in [-0.15, -0.1) is 0 Å². The predicted molar refractivity (Wildman–Crippen MR) is 172 cm³/mol. The van der Waals surface area contributed by atoms with Crippen LogP contribution in [0.4, 0.5) is 10.2 Å². The van der Waals surface area contributed by atoms with Gasteiger partial charge in [-0.3, -0.25) is 4.79 Å². The molecule has 1 aromatic carbocycles. The number of anilines is 1. The van der Waals surface area contributed by atoms with E-state index in [0.29, 0.717) is 41.4 Å². The second-order valence-electron chi connectivity index (χ2n) is 11.9. The van der Waals surface area contributed by atoms with Crippen LogP contribution in [0, 0.1) is 17.1 Å². The van der Waals surface area contributed by atoms with Crippen LogP contribution in [0.15, 0.2) is 48.0 Å². The lowest BCUT2D eigenvalue weighted by Crippen LogP contribution is -2.58. The molecule has 1 saturated heterocycles. The fourth-order valence-electron chi connectivity index (χ4n) is 5.82. The van der Waals surface area contributed by atoms with E-state index in [1.165, 1.54) is 29.1 Å². The molecule has 0 saturated carbocycles. The topological polar surface area (TPSA) is 121 Å². The summed E-state index contributed by atoms with van der Waals surface area (Å²) < 4.78 is 16.7. The highest BCUT2D eigenvalue weighted by Gasteiger charge is 2.34. The number of hydrogen-bond donors (Lipinski definition) is 0. The van der Waals surface area contributed by atoms with Crippen LogP contribution in [0.25, 0.3) is 28.0 Å². The summed E-state index contributed by atoms with van der Waals surface area (Å²) in [6, 6.07) is 7.20. The number of aromatic nitrogens is 5. The molecule has 4 aromatic rings. The van der Waals surface area contributed by atoms with Gasteiger partial charge in [0.25, 0.3) is 0 Å². The van der Waals surface area contributed by atoms with Crippen LogP contribution in [0.2, 0.25) is 5.02 Å². The number of nitrogens with zero attached hydrogens (tertiary/aromatic N) is 8. The Morgan fingerprint density at radius 3 is 2.33 bits per heavy atom. The van der Waals surface area contributed by atoms with E-state index in [0.717, 1.165) is 6.07 Å². The summed E-state index contributed by atoms with van der Waals surface area (Å²) in [7, 11) is 0. The van der Waals surface area contributed by atoms with Gasteiger partial charge in [-0.1, -0.05) is 45.9 Å². The van der Waals surface area contributed by atoms with Gasteiger partial charge in [0, 0.05) is 30.7 Å². The maximum atomic E-state index is 15.3. The summed E-state index contributed by atoms with van der Waals surface area (Å²) in [5.74, 6) is -0.660. The molecule has 232 valence electrons. The zero-order valence-electron chi connectivity index (χ0n) is 26.0. The van der Waals surface area contributed by atoms with Crippen molar-refractivity contribution < 1.29 is 9.18 Å². The highest BCUT2D eigenvalue weighted by Crippen LogP contribution is 2.37. The molecule has 1 aliphatic rings. The fraction of sp³-hybridized carbons (Fsp3) is 0.364. The molecule has 0 radical (unpaired) electrons. The van der Waals surface area contributed by atoms with Crippen molar-refractivity contribution in [2.24, 2.45) is 0 Å². The van der Waals surface area contributed by atoms with Crippen molar-refractivity contribution in [2.45, 2.75) is 65.5 Å². The van der Waals surface area contributed by atoms with Gasteiger partial charge in [-0.2, -0.15) is 10.2 Å². The Labute approximate surface area is 265 Å². The van der Waals surface area contributed by atoms with Crippen LogP contribution < -0.4 is 10.6 Å². The number of amides is 1. The predicted octanol–water partition coefficient (Wildman–Crippen LogP) is 5.76. The van der Waals surface area contributed by atoms with E-state index in [9.17, 15) is 14.9 Å². The molecule has 2 unspecified atom stereocenters. The van der Waals surface area contributed by atoms with Gasteiger partial charge in [0.1, 0.15) is 18.0 Å². The highest BCUT2D eigenvalue weighted by molar-refractivity contribution is 6.33. The molecular formula is C33H34ClFN8O2. The largest absolute Gasteiger partial charge is 0.355 e. The van der Waals surface area contributed by atoms with E-state index < -0.39 is 11.5 Å². The summed E-state index contributed by atoms with van der Waals surface area (Å²) >= 11 is 6.83. The summed E-state index contributed by atoms with van der Waals surface area (Å²) in [5, 5.41) is 9.87. The lowest BCUT2D eigenvalue weighted by atomic mass is 10.0. The molecule has 0 spiro atoms. The number of nitriles is 1. The molecule has 5 rings (SSSR count). The lowest BCUT2D eigenvalue weighted by Gasteiger charge is -2.44. The molecule has 10 nitrogen and oxygen atoms in total. The van der Waals surface area contributed by atoms with Crippen molar-refractivity contribution >= 4 is 34.4 Å². The smallest absolute Gasteiger partial charge is 0.349 e. The van der Waals surface area contributed by atoms with Crippen LogP contribution >= 0.6 is 11.6 Å². The van der Waals surface area contributed by atoms with E-state index in [-0.39, 0.29) is 57.3 Å². The molecule has 12 heteroatoms. The van der Waals surface area contributed by atoms with E-state index in [1.807, 2.05) is 52.5 Å². The number of benzene rings is 1. The minimum atomic E-state index is -0.676. The maximum Gasteiger partial charge on any atom is 0.355 e. The second-order valence-corrected chi connectivity index (χ2v) is 12.3. The van der Waals surface area contributed by atoms with Crippen molar-refractivity contribution in [3.8, 4) is 23.0 Å². The first kappa shape index (κ1) is 31.7. The zero-order valence-corrected chi connectivity index (χ0v) is 26.8. The standard InChI is InChI=1S/C33H34ClFN8O2/c1-8-26(44)41-14-20(7)42(15-19(41)6)31-23-12-24(34)29(22-10-9-21(13-36)11-25(22)35)39-32(23)43(33(45)40-31)30-27(17(2)3)37-16-38-28(30)18(4)5/h8-12,16-20H,1,14-15H2,2-7H3. The molecule has 1 fully saturated rings. The Morgan fingerprint density at radius 2 is 1.76 bits per heavy atom. The van der Waals surface area contributed by atoms with Gasteiger partial charge in [-0.25, -0.2) is 28.7 Å². The van der Waals surface area contributed by atoms with Crippen molar-refractivity contribution in [1.29, 1.82) is 5.26 Å². The summed E-state index contributed by atoms with van der Waals surface area (Å²) in [6.07, 6.45) is 2.78. The Balaban J connectivity index is 1.86. The normalized spacial score (nSPS) is 16.8. The monoisotopic (exact) mass is 628 g/mol. The maximum absolute atomic E-state index is 15.3. The van der Waals surface area contributed by atoms with E-state index >= 15 is 4.39 Å². The van der Waals surface area contributed by atoms with Gasteiger partial charge in [-0.05, 0) is 56.0 Å². The number of fused-ring (bicyclic) bond motifs is 1. The molecular weight excluding hydrogens is 595 g/mol. The third kappa shape index (κ3) is 5.66. The molecule has 45 heavy (non-hydrogen) atoms. The van der Waals surface area contributed by atoms with Gasteiger partial charge in [0.15, 0.2) is 5.65 Å². The van der Waals surface area contributed by atoms with Crippen molar-refractivity contribution in [2.75, 3.05) is 18.0 Å². The van der Waals surface area contributed by atoms with Crippen LogP contribution in [-0.2, 0) is 4.79 Å². The fourth-order valence-corrected chi connectivity index (χ4v) is 6.07. The van der Waals surface area contributed by atoms with Crippen LogP contribution in [-0.4, -0.2) is 60.5 Å². The van der Waals surface area contributed by atoms with Gasteiger partial charge < -0.3 is 9.80 Å². The number of pyridine rings is 1. The first-order valence-corrected chi connectivity index (χ1v) is 15.1. The summed E-state index contributed by atoms with van der Waals surface area (Å²) in [5.41, 5.74) is 1.67. The highest BCUT2D eigenvalue weighted by atomic mass is 35.5. The molecule has 1 aliphatic heterocycles. The quantitative estimate of drug-likeness (QED) is 0.247. The lowest BCUT2D eigenvalue weighted by molar-refractivity contribution is -0.128. The first-order chi connectivity index (χ1) is 21.4. The number of carbonyl (C=O) groups excluding carboxylic acids is 1.